The number of rotatable bonds is 4. The number of likely N-dealkylation sites (tertiary alicyclic amines) is 1. The molecule has 1 aliphatic heterocycles. The standard InChI is InChI=1S/C15H22N6O/c1-3-9-21-13(7-8-16-21)15(22)20-10-5-4-6-12(20)14-17-11(2)18-19-14/h7-8,12H,3-6,9-10H2,1-2H3,(H,17,18,19). The summed E-state index contributed by atoms with van der Waals surface area (Å²) >= 11 is 0. The van der Waals surface area contributed by atoms with E-state index in [2.05, 4.69) is 27.2 Å². The Hall–Kier alpha value is -2.18. The van der Waals surface area contributed by atoms with Gasteiger partial charge in [0.1, 0.15) is 11.5 Å². The van der Waals surface area contributed by atoms with E-state index in [1.165, 1.54) is 0 Å². The molecule has 0 spiro atoms. The lowest BCUT2D eigenvalue weighted by atomic mass is 10.0. The molecule has 3 rings (SSSR count). The molecule has 1 saturated heterocycles. The van der Waals surface area contributed by atoms with Gasteiger partial charge in [0.15, 0.2) is 5.82 Å². The van der Waals surface area contributed by atoms with Crippen molar-refractivity contribution in [3.8, 4) is 0 Å². The van der Waals surface area contributed by atoms with E-state index < -0.39 is 0 Å². The fourth-order valence-electron chi connectivity index (χ4n) is 3.00. The molecule has 0 saturated carbocycles. The van der Waals surface area contributed by atoms with Crippen LogP contribution < -0.4 is 0 Å². The molecular weight excluding hydrogens is 280 g/mol. The number of amides is 1. The average Bonchev–Trinajstić information content (AvgIpc) is 3.16. The third-order valence-electron chi connectivity index (χ3n) is 4.05. The molecule has 2 aromatic rings. The number of aromatic amines is 1. The number of carbonyl (C=O) groups excluding carboxylic acids is 1. The maximum Gasteiger partial charge on any atom is 0.272 e. The summed E-state index contributed by atoms with van der Waals surface area (Å²) in [5.74, 6) is 1.52. The third-order valence-corrected chi connectivity index (χ3v) is 4.05. The van der Waals surface area contributed by atoms with Crippen molar-refractivity contribution in [1.82, 2.24) is 29.9 Å². The molecule has 7 nitrogen and oxygen atoms in total. The molecule has 3 heterocycles. The van der Waals surface area contributed by atoms with Gasteiger partial charge >= 0.3 is 0 Å². The quantitative estimate of drug-likeness (QED) is 0.937. The number of carbonyl (C=O) groups is 1. The lowest BCUT2D eigenvalue weighted by Gasteiger charge is -2.34. The van der Waals surface area contributed by atoms with E-state index in [1.54, 1.807) is 16.9 Å². The van der Waals surface area contributed by atoms with E-state index in [4.69, 9.17) is 0 Å². The largest absolute Gasteiger partial charge is 0.327 e. The normalized spacial score (nSPS) is 18.6. The number of aromatic nitrogens is 5. The lowest BCUT2D eigenvalue weighted by Crippen LogP contribution is -2.40. The number of aryl methyl sites for hydroxylation is 2. The smallest absolute Gasteiger partial charge is 0.272 e. The van der Waals surface area contributed by atoms with Crippen molar-refractivity contribution < 1.29 is 4.79 Å². The van der Waals surface area contributed by atoms with Crippen LogP contribution >= 0.6 is 0 Å². The van der Waals surface area contributed by atoms with Gasteiger partial charge in [-0.25, -0.2) is 4.98 Å². The molecule has 118 valence electrons. The van der Waals surface area contributed by atoms with Crippen molar-refractivity contribution in [2.75, 3.05) is 6.54 Å². The second-order valence-corrected chi connectivity index (χ2v) is 5.73. The second-order valence-electron chi connectivity index (χ2n) is 5.73. The Morgan fingerprint density at radius 3 is 3.05 bits per heavy atom. The van der Waals surface area contributed by atoms with Crippen LogP contribution in [0.25, 0.3) is 0 Å². The van der Waals surface area contributed by atoms with Crippen LogP contribution in [0.4, 0.5) is 0 Å². The Kier molecular flexibility index (Phi) is 4.22. The molecule has 2 aromatic heterocycles. The molecule has 1 fully saturated rings. The summed E-state index contributed by atoms with van der Waals surface area (Å²) in [6, 6.07) is 1.75. The van der Waals surface area contributed by atoms with Gasteiger partial charge in [-0.3, -0.25) is 14.6 Å². The van der Waals surface area contributed by atoms with Crippen molar-refractivity contribution in [1.29, 1.82) is 0 Å². The van der Waals surface area contributed by atoms with Gasteiger partial charge in [0, 0.05) is 19.3 Å². The third kappa shape index (κ3) is 2.75. The maximum absolute atomic E-state index is 12.9. The van der Waals surface area contributed by atoms with Crippen molar-refractivity contribution in [3.05, 3.63) is 29.6 Å². The Balaban J connectivity index is 1.86. The Bertz CT molecular complexity index is 646. The maximum atomic E-state index is 12.9. The molecule has 0 aromatic carbocycles. The van der Waals surface area contributed by atoms with Crippen LogP contribution in [0.15, 0.2) is 12.3 Å². The van der Waals surface area contributed by atoms with Gasteiger partial charge < -0.3 is 4.90 Å². The molecule has 1 N–H and O–H groups in total. The number of hydrogen-bond acceptors (Lipinski definition) is 4. The van der Waals surface area contributed by atoms with Crippen molar-refractivity contribution in [2.45, 2.75) is 52.1 Å². The molecule has 0 bridgehead atoms. The minimum Gasteiger partial charge on any atom is -0.327 e. The van der Waals surface area contributed by atoms with Gasteiger partial charge in [0.25, 0.3) is 5.91 Å². The van der Waals surface area contributed by atoms with E-state index in [9.17, 15) is 4.79 Å². The summed E-state index contributed by atoms with van der Waals surface area (Å²) in [5, 5.41) is 11.4. The molecule has 1 atom stereocenters. The Labute approximate surface area is 129 Å². The van der Waals surface area contributed by atoms with Crippen molar-refractivity contribution >= 4 is 5.91 Å². The van der Waals surface area contributed by atoms with Crippen molar-refractivity contribution in [2.24, 2.45) is 0 Å². The van der Waals surface area contributed by atoms with Crippen LogP contribution in [-0.2, 0) is 6.54 Å². The first kappa shape index (κ1) is 14.7. The topological polar surface area (TPSA) is 79.7 Å². The van der Waals surface area contributed by atoms with E-state index in [0.29, 0.717) is 11.5 Å². The summed E-state index contributed by atoms with van der Waals surface area (Å²) in [6.07, 6.45) is 5.67. The highest BCUT2D eigenvalue weighted by Gasteiger charge is 2.32. The van der Waals surface area contributed by atoms with Crippen LogP contribution in [0, 0.1) is 6.92 Å². The Morgan fingerprint density at radius 2 is 2.32 bits per heavy atom. The molecule has 0 aliphatic carbocycles. The summed E-state index contributed by atoms with van der Waals surface area (Å²) < 4.78 is 1.79. The van der Waals surface area contributed by atoms with Gasteiger partial charge in [-0.2, -0.15) is 10.2 Å². The SMILES string of the molecule is CCCn1nccc1C(=O)N1CCCCC1c1n[nH]c(C)n1. The fraction of sp³-hybridized carbons (Fsp3) is 0.600. The van der Waals surface area contributed by atoms with E-state index >= 15 is 0 Å². The Morgan fingerprint density at radius 1 is 1.45 bits per heavy atom. The predicted octanol–water partition coefficient (Wildman–Crippen LogP) is 2.09. The summed E-state index contributed by atoms with van der Waals surface area (Å²) in [4.78, 5) is 19.3. The molecule has 1 amide bonds. The summed E-state index contributed by atoms with van der Waals surface area (Å²) in [6.45, 7) is 5.46. The predicted molar refractivity (Wildman–Crippen MR) is 81.3 cm³/mol. The average molecular weight is 302 g/mol. The highest BCUT2D eigenvalue weighted by molar-refractivity contribution is 5.92. The second kappa shape index (κ2) is 6.29. The fourth-order valence-corrected chi connectivity index (χ4v) is 3.00. The zero-order valence-electron chi connectivity index (χ0n) is 13.1. The van der Waals surface area contributed by atoms with Crippen LogP contribution in [0.1, 0.15) is 60.8 Å². The number of nitrogens with one attached hydrogen (secondary N) is 1. The van der Waals surface area contributed by atoms with E-state index in [0.717, 1.165) is 44.6 Å². The minimum atomic E-state index is -0.0452. The molecule has 7 heteroatoms. The van der Waals surface area contributed by atoms with Gasteiger partial charge in [-0.05, 0) is 38.7 Å². The highest BCUT2D eigenvalue weighted by atomic mass is 16.2. The first-order chi connectivity index (χ1) is 10.7. The van der Waals surface area contributed by atoms with Crippen LogP contribution in [0.2, 0.25) is 0 Å². The molecule has 1 aliphatic rings. The highest BCUT2D eigenvalue weighted by Crippen LogP contribution is 2.30. The van der Waals surface area contributed by atoms with Crippen molar-refractivity contribution in [3.63, 3.8) is 0 Å². The first-order valence-electron chi connectivity index (χ1n) is 7.92. The molecular formula is C15H22N6O. The monoisotopic (exact) mass is 302 g/mol. The number of piperidine rings is 1. The van der Waals surface area contributed by atoms with Gasteiger partial charge in [-0.1, -0.05) is 6.92 Å². The number of hydrogen-bond donors (Lipinski definition) is 1. The van der Waals surface area contributed by atoms with Gasteiger partial charge in [0.2, 0.25) is 0 Å². The number of H-pyrrole nitrogens is 1. The number of nitrogens with zero attached hydrogens (tertiary/aromatic N) is 5. The van der Waals surface area contributed by atoms with E-state index in [-0.39, 0.29) is 11.9 Å². The van der Waals surface area contributed by atoms with Crippen LogP contribution in [0.5, 0.6) is 0 Å². The summed E-state index contributed by atoms with van der Waals surface area (Å²) in [7, 11) is 0. The molecule has 22 heavy (non-hydrogen) atoms. The zero-order valence-corrected chi connectivity index (χ0v) is 13.1. The van der Waals surface area contributed by atoms with Crippen LogP contribution in [-0.4, -0.2) is 42.3 Å². The molecule has 1 unspecified atom stereocenters. The minimum absolute atomic E-state index is 0.0260. The summed E-state index contributed by atoms with van der Waals surface area (Å²) in [5.41, 5.74) is 0.654. The van der Waals surface area contributed by atoms with Crippen LogP contribution in [0.3, 0.4) is 0 Å². The van der Waals surface area contributed by atoms with E-state index in [1.807, 2.05) is 11.8 Å². The van der Waals surface area contributed by atoms with Gasteiger partial charge in [0.05, 0.1) is 6.04 Å². The zero-order chi connectivity index (χ0) is 15.5. The first-order valence-corrected chi connectivity index (χ1v) is 7.92. The lowest BCUT2D eigenvalue weighted by molar-refractivity contribution is 0.0587. The molecule has 0 radical (unpaired) electrons. The van der Waals surface area contributed by atoms with Gasteiger partial charge in [-0.15, -0.1) is 0 Å².